The molecule has 0 saturated carbocycles. The average Bonchev–Trinajstić information content (AvgIpc) is 3.09. The van der Waals surface area contributed by atoms with Gasteiger partial charge in [-0.1, -0.05) is 18.2 Å². The second-order valence-electron chi connectivity index (χ2n) is 6.26. The van der Waals surface area contributed by atoms with Gasteiger partial charge in [0.15, 0.2) is 0 Å². The van der Waals surface area contributed by atoms with Crippen LogP contribution in [-0.4, -0.2) is 37.6 Å². The number of amides is 1. The van der Waals surface area contributed by atoms with Crippen molar-refractivity contribution in [2.45, 2.75) is 13.8 Å². The normalized spacial score (nSPS) is 10.7. The number of rotatable bonds is 7. The zero-order valence-corrected chi connectivity index (χ0v) is 15.5. The lowest BCUT2D eigenvalue weighted by atomic mass is 10.2. The molecule has 2 aromatic carbocycles. The zero-order chi connectivity index (χ0) is 18.5. The second kappa shape index (κ2) is 7.95. The number of benzene rings is 2. The van der Waals surface area contributed by atoms with Crippen molar-refractivity contribution in [1.29, 1.82) is 0 Å². The molecule has 0 unspecified atom stereocenters. The molecule has 0 bridgehead atoms. The number of nitrogens with one attached hydrogen (secondary N) is 2. The first-order valence-electron chi connectivity index (χ1n) is 8.88. The van der Waals surface area contributed by atoms with E-state index in [1.54, 1.807) is 7.11 Å². The number of nitrogens with zero attached hydrogens (tertiary/aromatic N) is 1. The molecule has 136 valence electrons. The van der Waals surface area contributed by atoms with Crippen LogP contribution in [0.4, 0.5) is 5.69 Å². The van der Waals surface area contributed by atoms with Gasteiger partial charge in [0, 0.05) is 42.3 Å². The number of aromatic nitrogens is 1. The first kappa shape index (κ1) is 17.9. The molecule has 1 aromatic heterocycles. The number of fused-ring (bicyclic) bond motifs is 1. The van der Waals surface area contributed by atoms with E-state index >= 15 is 0 Å². The summed E-state index contributed by atoms with van der Waals surface area (Å²) in [6.45, 7) is 6.47. The van der Waals surface area contributed by atoms with Crippen molar-refractivity contribution >= 4 is 22.5 Å². The molecule has 0 fully saturated rings. The molecule has 0 radical (unpaired) electrons. The van der Waals surface area contributed by atoms with Crippen molar-refractivity contribution in [2.75, 3.05) is 31.6 Å². The fourth-order valence-electron chi connectivity index (χ4n) is 3.12. The van der Waals surface area contributed by atoms with Crippen LogP contribution >= 0.6 is 0 Å². The number of anilines is 1. The number of hydrogen-bond acceptors (Lipinski definition) is 3. The first-order valence-corrected chi connectivity index (χ1v) is 8.88. The van der Waals surface area contributed by atoms with Gasteiger partial charge in [-0.15, -0.1) is 0 Å². The Labute approximate surface area is 154 Å². The lowest BCUT2D eigenvalue weighted by Gasteiger charge is -2.25. The summed E-state index contributed by atoms with van der Waals surface area (Å²) in [6.07, 6.45) is 0. The first-order chi connectivity index (χ1) is 12.6. The quantitative estimate of drug-likeness (QED) is 0.682. The fraction of sp³-hybridized carbons (Fsp3) is 0.286. The number of carbonyl (C=O) groups is 1. The molecule has 5 nitrogen and oxygen atoms in total. The smallest absolute Gasteiger partial charge is 0.267 e. The highest BCUT2D eigenvalue weighted by atomic mass is 16.5. The summed E-state index contributed by atoms with van der Waals surface area (Å²) < 4.78 is 5.22. The molecule has 5 heteroatoms. The van der Waals surface area contributed by atoms with Crippen LogP contribution in [0.25, 0.3) is 10.9 Å². The fourth-order valence-corrected chi connectivity index (χ4v) is 3.12. The van der Waals surface area contributed by atoms with Crippen molar-refractivity contribution in [2.24, 2.45) is 0 Å². The van der Waals surface area contributed by atoms with Gasteiger partial charge < -0.3 is 19.9 Å². The third kappa shape index (κ3) is 3.82. The van der Waals surface area contributed by atoms with E-state index < -0.39 is 0 Å². The van der Waals surface area contributed by atoms with Crippen LogP contribution in [0, 0.1) is 6.92 Å². The van der Waals surface area contributed by atoms with Gasteiger partial charge in [-0.25, -0.2) is 0 Å². The van der Waals surface area contributed by atoms with Crippen LogP contribution in [0.3, 0.4) is 0 Å². The van der Waals surface area contributed by atoms with E-state index in [9.17, 15) is 4.79 Å². The van der Waals surface area contributed by atoms with Gasteiger partial charge in [-0.05, 0) is 43.7 Å². The van der Waals surface area contributed by atoms with Gasteiger partial charge in [-0.3, -0.25) is 4.79 Å². The van der Waals surface area contributed by atoms with Gasteiger partial charge in [0.05, 0.1) is 7.11 Å². The van der Waals surface area contributed by atoms with Gasteiger partial charge in [0.1, 0.15) is 11.4 Å². The SMILES string of the molecule is CCN(CCNC(=O)c1cc2ccc(OC)cc2[nH]1)c1ccccc1C. The van der Waals surface area contributed by atoms with Crippen LogP contribution in [0.15, 0.2) is 48.5 Å². The molecule has 3 rings (SSSR count). The largest absolute Gasteiger partial charge is 0.497 e. The van der Waals surface area contributed by atoms with Crippen LogP contribution in [-0.2, 0) is 0 Å². The molecule has 26 heavy (non-hydrogen) atoms. The van der Waals surface area contributed by atoms with E-state index in [-0.39, 0.29) is 5.91 Å². The average molecular weight is 351 g/mol. The summed E-state index contributed by atoms with van der Waals surface area (Å²) in [4.78, 5) is 17.9. The maximum Gasteiger partial charge on any atom is 0.267 e. The molecular weight excluding hydrogens is 326 g/mol. The highest BCUT2D eigenvalue weighted by molar-refractivity contribution is 5.98. The number of carbonyl (C=O) groups excluding carboxylic acids is 1. The predicted molar refractivity (Wildman–Crippen MR) is 106 cm³/mol. The van der Waals surface area contributed by atoms with Crippen molar-refractivity contribution in [3.8, 4) is 5.75 Å². The Hall–Kier alpha value is -2.95. The minimum absolute atomic E-state index is 0.0963. The van der Waals surface area contributed by atoms with Crippen molar-refractivity contribution in [1.82, 2.24) is 10.3 Å². The van der Waals surface area contributed by atoms with E-state index in [2.05, 4.69) is 41.2 Å². The van der Waals surface area contributed by atoms with E-state index in [4.69, 9.17) is 4.74 Å². The molecule has 1 amide bonds. The minimum atomic E-state index is -0.0963. The highest BCUT2D eigenvalue weighted by Crippen LogP contribution is 2.21. The minimum Gasteiger partial charge on any atom is -0.497 e. The summed E-state index contributed by atoms with van der Waals surface area (Å²) in [5.41, 5.74) is 3.91. The summed E-state index contributed by atoms with van der Waals surface area (Å²) in [5.74, 6) is 0.670. The molecule has 0 saturated heterocycles. The Kier molecular flexibility index (Phi) is 5.46. The number of para-hydroxylation sites is 1. The molecule has 0 aliphatic heterocycles. The Bertz CT molecular complexity index is 901. The molecule has 0 aliphatic carbocycles. The Morgan fingerprint density at radius 2 is 2.00 bits per heavy atom. The maximum atomic E-state index is 12.4. The lowest BCUT2D eigenvalue weighted by molar-refractivity contribution is 0.0950. The number of hydrogen-bond donors (Lipinski definition) is 2. The summed E-state index contributed by atoms with van der Waals surface area (Å²) in [7, 11) is 1.63. The lowest BCUT2D eigenvalue weighted by Crippen LogP contribution is -2.35. The van der Waals surface area contributed by atoms with Crippen LogP contribution in [0.5, 0.6) is 5.75 Å². The molecule has 3 aromatic rings. The second-order valence-corrected chi connectivity index (χ2v) is 6.26. The van der Waals surface area contributed by atoms with E-state index in [0.29, 0.717) is 12.2 Å². The standard InChI is InChI=1S/C21H25N3O2/c1-4-24(20-8-6-5-7-15(20)2)12-11-22-21(25)19-13-16-9-10-17(26-3)14-18(16)23-19/h5-10,13-14,23H,4,11-12H2,1-3H3,(H,22,25). The molecule has 1 heterocycles. The van der Waals surface area contributed by atoms with Crippen LogP contribution in [0.1, 0.15) is 23.0 Å². The van der Waals surface area contributed by atoms with Gasteiger partial charge >= 0.3 is 0 Å². The number of aromatic amines is 1. The zero-order valence-electron chi connectivity index (χ0n) is 15.5. The summed E-state index contributed by atoms with van der Waals surface area (Å²) in [6, 6.07) is 15.9. The van der Waals surface area contributed by atoms with Crippen molar-refractivity contribution in [3.05, 3.63) is 59.8 Å². The van der Waals surface area contributed by atoms with Crippen LogP contribution < -0.4 is 15.0 Å². The Balaban J connectivity index is 1.62. The van der Waals surface area contributed by atoms with Crippen molar-refractivity contribution in [3.63, 3.8) is 0 Å². The molecule has 0 atom stereocenters. The van der Waals surface area contributed by atoms with E-state index in [0.717, 1.165) is 29.7 Å². The number of methoxy groups -OCH3 is 1. The van der Waals surface area contributed by atoms with Gasteiger partial charge in [-0.2, -0.15) is 0 Å². The Morgan fingerprint density at radius 1 is 1.19 bits per heavy atom. The summed E-state index contributed by atoms with van der Waals surface area (Å²) >= 11 is 0. The third-order valence-corrected chi connectivity index (χ3v) is 4.58. The monoisotopic (exact) mass is 351 g/mol. The molecular formula is C21H25N3O2. The number of aryl methyl sites for hydroxylation is 1. The number of likely N-dealkylation sites (N-methyl/N-ethyl adjacent to an activating group) is 1. The number of H-pyrrole nitrogens is 1. The number of ether oxygens (including phenoxy) is 1. The van der Waals surface area contributed by atoms with Crippen molar-refractivity contribution < 1.29 is 9.53 Å². The predicted octanol–water partition coefficient (Wildman–Crippen LogP) is 3.74. The molecule has 0 aliphatic rings. The summed E-state index contributed by atoms with van der Waals surface area (Å²) in [5, 5.41) is 3.99. The maximum absolute atomic E-state index is 12.4. The molecule has 0 spiro atoms. The van der Waals surface area contributed by atoms with Gasteiger partial charge in [0.25, 0.3) is 5.91 Å². The van der Waals surface area contributed by atoms with Crippen LogP contribution in [0.2, 0.25) is 0 Å². The van der Waals surface area contributed by atoms with Gasteiger partial charge in [0.2, 0.25) is 0 Å². The topological polar surface area (TPSA) is 57.4 Å². The van der Waals surface area contributed by atoms with E-state index in [1.807, 2.05) is 36.4 Å². The van der Waals surface area contributed by atoms with E-state index in [1.165, 1.54) is 11.3 Å². The molecule has 2 N–H and O–H groups in total. The third-order valence-electron chi connectivity index (χ3n) is 4.58. The Morgan fingerprint density at radius 3 is 2.73 bits per heavy atom. The highest BCUT2D eigenvalue weighted by Gasteiger charge is 2.11.